The molecule has 0 bridgehead atoms. The zero-order valence-electron chi connectivity index (χ0n) is 21.9. The van der Waals surface area contributed by atoms with E-state index < -0.39 is 12.0 Å². The first-order valence-corrected chi connectivity index (χ1v) is 14.1. The van der Waals surface area contributed by atoms with Crippen LogP contribution < -0.4 is 5.32 Å². The Morgan fingerprint density at radius 1 is 0.974 bits per heavy atom. The van der Waals surface area contributed by atoms with Gasteiger partial charge in [-0.2, -0.15) is 0 Å². The van der Waals surface area contributed by atoms with E-state index in [1.54, 1.807) is 54.3 Å². The predicted molar refractivity (Wildman–Crippen MR) is 152 cm³/mol. The summed E-state index contributed by atoms with van der Waals surface area (Å²) in [6.07, 6.45) is 0.746. The van der Waals surface area contributed by atoms with Gasteiger partial charge in [-0.25, -0.2) is 9.59 Å². The van der Waals surface area contributed by atoms with Crippen molar-refractivity contribution in [2.75, 3.05) is 45.9 Å². The molecule has 8 nitrogen and oxygen atoms in total. The Bertz CT molecular complexity index is 1270. The Morgan fingerprint density at radius 2 is 1.72 bits per heavy atom. The molecule has 1 atom stereocenters. The number of rotatable bonds is 7. The van der Waals surface area contributed by atoms with Gasteiger partial charge in [0.25, 0.3) is 5.91 Å². The number of nitrogens with zero attached hydrogens (tertiary/aromatic N) is 3. The van der Waals surface area contributed by atoms with E-state index in [2.05, 4.69) is 10.2 Å². The minimum absolute atomic E-state index is 0.0492. The van der Waals surface area contributed by atoms with E-state index in [1.807, 2.05) is 11.8 Å². The van der Waals surface area contributed by atoms with Crippen LogP contribution in [0.25, 0.3) is 0 Å². The lowest BCUT2D eigenvalue weighted by atomic mass is 9.94. The Morgan fingerprint density at radius 3 is 2.38 bits per heavy atom. The summed E-state index contributed by atoms with van der Waals surface area (Å²) in [6.45, 7) is 6.89. The number of hydrogen-bond acceptors (Lipinski definition) is 5. The quantitative estimate of drug-likeness (QED) is 0.435. The number of ether oxygens (including phenoxy) is 1. The van der Waals surface area contributed by atoms with E-state index in [9.17, 15) is 14.4 Å². The molecule has 2 heterocycles. The fourth-order valence-corrected chi connectivity index (χ4v) is 5.35. The SMILES string of the molecule is CCOC(=O)C1=C(CN2CCCN(C(=O)c3ccc(Cl)cc3)CC2)N(CC)C(=O)N[C@H]1c1ccc(Cl)c(Cl)c1. The van der Waals surface area contributed by atoms with E-state index in [-0.39, 0.29) is 18.5 Å². The highest BCUT2D eigenvalue weighted by Crippen LogP contribution is 2.35. The molecule has 1 fully saturated rings. The lowest BCUT2D eigenvalue weighted by Gasteiger charge is -2.38. The summed E-state index contributed by atoms with van der Waals surface area (Å²) < 4.78 is 5.45. The highest BCUT2D eigenvalue weighted by Gasteiger charge is 2.38. The first-order chi connectivity index (χ1) is 18.7. The molecule has 1 N–H and O–H groups in total. The molecule has 1 saturated heterocycles. The fraction of sp³-hybridized carbons (Fsp3) is 0.393. The molecule has 208 valence electrons. The van der Waals surface area contributed by atoms with E-state index in [0.717, 1.165) is 6.42 Å². The Labute approximate surface area is 243 Å². The number of carbonyl (C=O) groups is 3. The lowest BCUT2D eigenvalue weighted by Crippen LogP contribution is -2.51. The van der Waals surface area contributed by atoms with Crippen LogP contribution in [-0.4, -0.2) is 78.5 Å². The Hall–Kier alpha value is -2.78. The number of urea groups is 1. The Balaban J connectivity index is 1.63. The number of nitrogens with one attached hydrogen (secondary N) is 1. The number of halogens is 3. The molecule has 3 amide bonds. The van der Waals surface area contributed by atoms with Crippen LogP contribution in [0, 0.1) is 0 Å². The zero-order chi connectivity index (χ0) is 28.1. The molecule has 0 aromatic heterocycles. The van der Waals surface area contributed by atoms with Crippen LogP contribution in [0.15, 0.2) is 53.7 Å². The third-order valence-corrected chi connectivity index (χ3v) is 7.86. The van der Waals surface area contributed by atoms with Crippen molar-refractivity contribution in [2.24, 2.45) is 0 Å². The van der Waals surface area contributed by atoms with Crippen molar-refractivity contribution < 1.29 is 19.1 Å². The van der Waals surface area contributed by atoms with Gasteiger partial charge in [0.15, 0.2) is 0 Å². The van der Waals surface area contributed by atoms with Crippen LogP contribution in [0.1, 0.15) is 42.2 Å². The second kappa shape index (κ2) is 13.0. The maximum Gasteiger partial charge on any atom is 0.338 e. The largest absolute Gasteiger partial charge is 0.463 e. The van der Waals surface area contributed by atoms with E-state index >= 15 is 0 Å². The first kappa shape index (κ1) is 29.2. The summed E-state index contributed by atoms with van der Waals surface area (Å²) in [4.78, 5) is 45.2. The van der Waals surface area contributed by atoms with Crippen molar-refractivity contribution in [2.45, 2.75) is 26.3 Å². The molecular formula is C28H31Cl3N4O4. The van der Waals surface area contributed by atoms with Crippen molar-refractivity contribution in [1.29, 1.82) is 0 Å². The maximum atomic E-state index is 13.3. The summed E-state index contributed by atoms with van der Waals surface area (Å²) >= 11 is 18.4. The molecule has 0 unspecified atom stereocenters. The summed E-state index contributed by atoms with van der Waals surface area (Å²) in [6, 6.07) is 10.8. The molecule has 2 aromatic rings. The molecule has 0 saturated carbocycles. The number of carbonyl (C=O) groups excluding carboxylic acids is 3. The first-order valence-electron chi connectivity index (χ1n) is 12.9. The number of hydrogen-bond donors (Lipinski definition) is 1. The molecule has 2 aliphatic heterocycles. The van der Waals surface area contributed by atoms with Gasteiger partial charge in [-0.3, -0.25) is 14.6 Å². The van der Waals surface area contributed by atoms with Crippen molar-refractivity contribution in [3.63, 3.8) is 0 Å². The average Bonchev–Trinajstić information content (AvgIpc) is 3.16. The van der Waals surface area contributed by atoms with Crippen molar-refractivity contribution >= 4 is 52.7 Å². The second-order valence-corrected chi connectivity index (χ2v) is 10.6. The second-order valence-electron chi connectivity index (χ2n) is 9.31. The minimum Gasteiger partial charge on any atom is -0.463 e. The van der Waals surface area contributed by atoms with Crippen molar-refractivity contribution in [3.05, 3.63) is 79.9 Å². The number of esters is 1. The highest BCUT2D eigenvalue weighted by atomic mass is 35.5. The van der Waals surface area contributed by atoms with Gasteiger partial charge in [0.1, 0.15) is 0 Å². The van der Waals surface area contributed by atoms with Crippen LogP contribution in [0.2, 0.25) is 15.1 Å². The minimum atomic E-state index is -0.751. The molecular weight excluding hydrogens is 563 g/mol. The van der Waals surface area contributed by atoms with Crippen LogP contribution >= 0.6 is 34.8 Å². The third-order valence-electron chi connectivity index (χ3n) is 6.87. The smallest absolute Gasteiger partial charge is 0.338 e. The van der Waals surface area contributed by atoms with Crippen LogP contribution in [0.4, 0.5) is 4.79 Å². The van der Waals surface area contributed by atoms with Gasteiger partial charge >= 0.3 is 12.0 Å². The van der Waals surface area contributed by atoms with Gasteiger partial charge in [0, 0.05) is 55.6 Å². The molecule has 0 spiro atoms. The molecule has 4 rings (SSSR count). The normalized spacial score (nSPS) is 18.6. The predicted octanol–water partition coefficient (Wildman–Crippen LogP) is 5.40. The highest BCUT2D eigenvalue weighted by molar-refractivity contribution is 6.42. The van der Waals surface area contributed by atoms with E-state index in [0.29, 0.717) is 76.7 Å². The molecule has 0 aliphatic carbocycles. The molecule has 11 heteroatoms. The molecule has 39 heavy (non-hydrogen) atoms. The zero-order valence-corrected chi connectivity index (χ0v) is 24.2. The van der Waals surface area contributed by atoms with Gasteiger partial charge in [-0.05, 0) is 62.2 Å². The van der Waals surface area contributed by atoms with Gasteiger partial charge in [-0.15, -0.1) is 0 Å². The number of likely N-dealkylation sites (N-methyl/N-ethyl adjacent to an activating group) is 1. The van der Waals surface area contributed by atoms with Gasteiger partial charge < -0.3 is 15.0 Å². The van der Waals surface area contributed by atoms with Crippen LogP contribution in [0.3, 0.4) is 0 Å². The monoisotopic (exact) mass is 592 g/mol. The fourth-order valence-electron chi connectivity index (χ4n) is 4.92. The van der Waals surface area contributed by atoms with Gasteiger partial charge in [-0.1, -0.05) is 40.9 Å². The van der Waals surface area contributed by atoms with E-state index in [1.165, 1.54) is 0 Å². The summed E-state index contributed by atoms with van der Waals surface area (Å²) in [7, 11) is 0. The van der Waals surface area contributed by atoms with E-state index in [4.69, 9.17) is 39.5 Å². The lowest BCUT2D eigenvalue weighted by molar-refractivity contribution is -0.139. The summed E-state index contributed by atoms with van der Waals surface area (Å²) in [5.74, 6) is -0.553. The molecule has 2 aliphatic rings. The topological polar surface area (TPSA) is 82.2 Å². The maximum absolute atomic E-state index is 13.3. The van der Waals surface area contributed by atoms with Gasteiger partial charge in [0.2, 0.25) is 0 Å². The Kier molecular flexibility index (Phi) is 9.77. The standard InChI is InChI=1S/C28H31Cl3N4O4/c1-3-35-23(17-33-12-5-13-34(15-14-33)26(36)18-6-9-20(29)10-7-18)24(27(37)39-4-2)25(32-28(35)38)19-8-11-21(30)22(31)16-19/h6-11,16,25H,3-5,12-15,17H2,1-2H3,(H,32,38)/t25-/m0/s1. The van der Waals surface area contributed by atoms with Gasteiger partial charge in [0.05, 0.1) is 28.3 Å². The average molecular weight is 594 g/mol. The molecule has 0 radical (unpaired) electrons. The van der Waals surface area contributed by atoms with Crippen LogP contribution in [0.5, 0.6) is 0 Å². The summed E-state index contributed by atoms with van der Waals surface area (Å²) in [5.41, 5.74) is 2.15. The number of amides is 3. The van der Waals surface area contributed by atoms with Crippen molar-refractivity contribution in [3.8, 4) is 0 Å². The number of benzene rings is 2. The summed E-state index contributed by atoms with van der Waals surface area (Å²) in [5, 5.41) is 4.22. The van der Waals surface area contributed by atoms with Crippen LogP contribution in [-0.2, 0) is 9.53 Å². The van der Waals surface area contributed by atoms with Crippen molar-refractivity contribution in [1.82, 2.24) is 20.0 Å². The third kappa shape index (κ3) is 6.69. The molecule has 2 aromatic carbocycles.